The minimum Gasteiger partial charge on any atom is -0.378 e. The number of nitrogens with zero attached hydrogens (tertiary/aromatic N) is 4. The first-order chi connectivity index (χ1) is 19.7. The Hall–Kier alpha value is -2.52. The largest absolute Gasteiger partial charge is 0.378 e. The first-order valence-corrected chi connectivity index (χ1v) is 15.8. The van der Waals surface area contributed by atoms with Gasteiger partial charge in [-0.05, 0) is 72.8 Å². The van der Waals surface area contributed by atoms with Crippen molar-refractivity contribution in [1.29, 1.82) is 0 Å². The van der Waals surface area contributed by atoms with Crippen LogP contribution in [0.1, 0.15) is 50.8 Å². The molecule has 4 aliphatic heterocycles. The van der Waals surface area contributed by atoms with Gasteiger partial charge in [0, 0.05) is 35.4 Å². The van der Waals surface area contributed by atoms with Crippen molar-refractivity contribution in [2.24, 2.45) is 10.9 Å². The highest BCUT2D eigenvalue weighted by Crippen LogP contribution is 2.56. The van der Waals surface area contributed by atoms with E-state index in [-0.39, 0.29) is 23.8 Å². The van der Waals surface area contributed by atoms with Gasteiger partial charge in [-0.25, -0.2) is 4.99 Å². The van der Waals surface area contributed by atoms with Crippen LogP contribution in [-0.4, -0.2) is 70.6 Å². The van der Waals surface area contributed by atoms with E-state index >= 15 is 0 Å². The zero-order valence-electron chi connectivity index (χ0n) is 23.5. The maximum atomic E-state index is 14.3. The smallest absolute Gasteiger partial charge is 0.263 e. The number of rotatable bonds is 5. The summed E-state index contributed by atoms with van der Waals surface area (Å²) in [5.74, 6) is -0.00323. The quantitative estimate of drug-likeness (QED) is 0.409. The highest BCUT2D eigenvalue weighted by molar-refractivity contribution is 8.18. The van der Waals surface area contributed by atoms with Gasteiger partial charge in [-0.15, -0.1) is 0 Å². The number of carbonyl (C=O) groups excluding carboxylic acids is 2. The Labute approximate surface area is 255 Å². The van der Waals surface area contributed by atoms with Gasteiger partial charge in [-0.2, -0.15) is 0 Å². The first-order valence-electron chi connectivity index (χ1n) is 14.2. The predicted octanol–water partition coefficient (Wildman–Crippen LogP) is 6.09. The van der Waals surface area contributed by atoms with Crippen molar-refractivity contribution in [1.82, 2.24) is 14.7 Å². The summed E-state index contributed by atoms with van der Waals surface area (Å²) in [6.45, 7) is 9.16. The molecule has 0 spiro atoms. The second-order valence-corrected chi connectivity index (χ2v) is 13.3. The van der Waals surface area contributed by atoms with E-state index in [0.29, 0.717) is 54.2 Å². The molecule has 2 saturated heterocycles. The summed E-state index contributed by atoms with van der Waals surface area (Å²) in [6.07, 6.45) is 1.50. The Balaban J connectivity index is 1.39. The van der Waals surface area contributed by atoms with Crippen molar-refractivity contribution in [3.8, 4) is 0 Å². The normalized spacial score (nSPS) is 26.2. The molecule has 1 unspecified atom stereocenters. The lowest BCUT2D eigenvalue weighted by molar-refractivity contribution is -0.144. The lowest BCUT2D eigenvalue weighted by Crippen LogP contribution is -2.51. The van der Waals surface area contributed by atoms with E-state index in [1.165, 1.54) is 11.8 Å². The van der Waals surface area contributed by atoms with Crippen molar-refractivity contribution in [3.63, 3.8) is 0 Å². The summed E-state index contributed by atoms with van der Waals surface area (Å²) in [5.41, 5.74) is 2.41. The van der Waals surface area contributed by atoms with Crippen LogP contribution in [0.3, 0.4) is 0 Å². The van der Waals surface area contributed by atoms with Gasteiger partial charge in [-0.1, -0.05) is 61.3 Å². The highest BCUT2D eigenvalue weighted by Gasteiger charge is 2.54. The lowest BCUT2D eigenvalue weighted by Gasteiger charge is -2.37. The van der Waals surface area contributed by atoms with Crippen molar-refractivity contribution in [3.05, 3.63) is 80.3 Å². The van der Waals surface area contributed by atoms with E-state index < -0.39 is 11.6 Å². The van der Waals surface area contributed by atoms with Crippen molar-refractivity contribution >= 4 is 51.9 Å². The highest BCUT2D eigenvalue weighted by atomic mass is 35.5. The molecule has 0 saturated carbocycles. The number of fused-ring (bicyclic) bond motifs is 1. The molecule has 216 valence electrons. The van der Waals surface area contributed by atoms with Crippen molar-refractivity contribution < 1.29 is 14.3 Å². The van der Waals surface area contributed by atoms with Gasteiger partial charge < -0.3 is 19.4 Å². The summed E-state index contributed by atoms with van der Waals surface area (Å²) in [7, 11) is 0. The summed E-state index contributed by atoms with van der Waals surface area (Å²) in [6, 6.07) is 15.1. The van der Waals surface area contributed by atoms with E-state index in [0.717, 1.165) is 28.4 Å². The molecule has 7 nitrogen and oxygen atoms in total. The van der Waals surface area contributed by atoms with Crippen LogP contribution < -0.4 is 0 Å². The topological polar surface area (TPSA) is 65.5 Å². The third-order valence-electron chi connectivity index (χ3n) is 8.49. The number of ether oxygens (including phenoxy) is 1. The average Bonchev–Trinajstić information content (AvgIpc) is 3.66. The third kappa shape index (κ3) is 5.07. The monoisotopic (exact) mass is 612 g/mol. The number of amides is 2. The molecule has 2 fully saturated rings. The van der Waals surface area contributed by atoms with Crippen LogP contribution in [0.4, 0.5) is 0 Å². The molecule has 41 heavy (non-hydrogen) atoms. The number of carbonyl (C=O) groups is 2. The van der Waals surface area contributed by atoms with Gasteiger partial charge in [0.1, 0.15) is 16.5 Å². The number of halogens is 2. The fourth-order valence-electron chi connectivity index (χ4n) is 6.46. The van der Waals surface area contributed by atoms with Gasteiger partial charge in [0.2, 0.25) is 5.91 Å². The fourth-order valence-corrected chi connectivity index (χ4v) is 8.07. The molecule has 6 rings (SSSR count). The van der Waals surface area contributed by atoms with Gasteiger partial charge in [0.25, 0.3) is 5.91 Å². The van der Waals surface area contributed by atoms with Gasteiger partial charge in [-0.3, -0.25) is 9.59 Å². The average molecular weight is 614 g/mol. The molecule has 4 heterocycles. The number of hydrogen-bond donors (Lipinski definition) is 0. The molecule has 3 atom stereocenters. The minimum atomic E-state index is -0.627. The van der Waals surface area contributed by atoms with Crippen LogP contribution in [0.25, 0.3) is 0 Å². The third-order valence-corrected chi connectivity index (χ3v) is 10.0. The molecular formula is C31H34Cl2N4O3S. The van der Waals surface area contributed by atoms with Crippen molar-refractivity contribution in [2.75, 3.05) is 32.8 Å². The Kier molecular flexibility index (Phi) is 7.87. The van der Waals surface area contributed by atoms with E-state index in [4.69, 9.17) is 32.9 Å². The molecule has 10 heteroatoms. The Bertz CT molecular complexity index is 1410. The minimum absolute atomic E-state index is 0.0287. The molecule has 0 aliphatic carbocycles. The number of aliphatic imine (C=N–C) groups is 1. The predicted molar refractivity (Wildman–Crippen MR) is 164 cm³/mol. The Morgan fingerprint density at radius 1 is 1.00 bits per heavy atom. The van der Waals surface area contributed by atoms with E-state index in [9.17, 15) is 9.59 Å². The van der Waals surface area contributed by atoms with E-state index in [1.54, 1.807) is 4.90 Å². The van der Waals surface area contributed by atoms with Crippen molar-refractivity contribution in [2.45, 2.75) is 51.2 Å². The summed E-state index contributed by atoms with van der Waals surface area (Å²) < 4.78 is 5.44. The van der Waals surface area contributed by atoms with E-state index in [2.05, 4.69) is 25.7 Å². The SMILES string of the molecule is CC(C)C1=C(C(=O)N2CCCC2C(=O)N2CCOCC2)SC2=N[C@@](C)(c3ccc(Cl)cc3)[C@@H](c3ccc(Cl)cc3)N21. The zero-order valence-corrected chi connectivity index (χ0v) is 25.8. The van der Waals surface area contributed by atoms with Crippen LogP contribution in [-0.2, 0) is 19.9 Å². The molecule has 2 amide bonds. The number of likely N-dealkylation sites (tertiary alicyclic amines) is 1. The molecule has 0 bridgehead atoms. The number of amidine groups is 1. The summed E-state index contributed by atoms with van der Waals surface area (Å²) in [5, 5.41) is 2.13. The van der Waals surface area contributed by atoms with Gasteiger partial charge in [0.15, 0.2) is 5.17 Å². The number of allylic oxidation sites excluding steroid dienone is 1. The van der Waals surface area contributed by atoms with Gasteiger partial charge in [0.05, 0.1) is 19.3 Å². The first kappa shape index (κ1) is 28.6. The summed E-state index contributed by atoms with van der Waals surface area (Å²) >= 11 is 14.0. The number of thioether (sulfide) groups is 1. The van der Waals surface area contributed by atoms with Crippen LogP contribution in [0.5, 0.6) is 0 Å². The second-order valence-electron chi connectivity index (χ2n) is 11.4. The molecule has 4 aliphatic rings. The maximum Gasteiger partial charge on any atom is 0.263 e. The summed E-state index contributed by atoms with van der Waals surface area (Å²) in [4.78, 5) is 39.6. The second kappa shape index (κ2) is 11.3. The zero-order chi connectivity index (χ0) is 28.9. The van der Waals surface area contributed by atoms with E-state index in [1.807, 2.05) is 53.4 Å². The van der Waals surface area contributed by atoms with Crippen LogP contribution in [0, 0.1) is 5.92 Å². The van der Waals surface area contributed by atoms with Crippen LogP contribution in [0.15, 0.2) is 64.1 Å². The van der Waals surface area contributed by atoms with Crippen LogP contribution in [0.2, 0.25) is 10.0 Å². The maximum absolute atomic E-state index is 14.3. The fraction of sp³-hybridized carbons (Fsp3) is 0.452. The number of hydrogen-bond acceptors (Lipinski definition) is 6. The molecule has 0 radical (unpaired) electrons. The molecular weight excluding hydrogens is 579 g/mol. The Morgan fingerprint density at radius 3 is 2.27 bits per heavy atom. The van der Waals surface area contributed by atoms with Crippen LogP contribution >= 0.6 is 35.0 Å². The molecule has 0 aromatic heterocycles. The molecule has 2 aromatic rings. The lowest BCUT2D eigenvalue weighted by atomic mass is 9.81. The molecule has 0 N–H and O–H groups in total. The number of morpholine rings is 1. The molecule has 2 aromatic carbocycles. The number of benzene rings is 2. The standard InChI is InChI=1S/C31H34Cl2N4O3S/c1-19(2)25-26(29(39)36-14-4-5-24(36)28(38)35-15-17-40-18-16-35)41-30-34-31(3,21-8-12-23(33)13-9-21)27(37(25)30)20-6-10-22(32)11-7-20/h6-13,19,24,27H,4-5,14-18H2,1-3H3/t24?,27-,31+/m1/s1. The Morgan fingerprint density at radius 2 is 1.63 bits per heavy atom. The van der Waals surface area contributed by atoms with Gasteiger partial charge >= 0.3 is 0 Å².